The second-order valence-corrected chi connectivity index (χ2v) is 6.26. The van der Waals surface area contributed by atoms with Crippen LogP contribution in [0.15, 0.2) is 60.7 Å². The van der Waals surface area contributed by atoms with Crippen molar-refractivity contribution in [2.75, 3.05) is 6.61 Å². The Morgan fingerprint density at radius 3 is 1.91 bits per heavy atom. The fourth-order valence-corrected chi connectivity index (χ4v) is 3.19. The van der Waals surface area contributed by atoms with Crippen molar-refractivity contribution in [3.8, 4) is 0 Å². The molecule has 0 aliphatic heterocycles. The molecule has 1 aliphatic carbocycles. The molecule has 1 unspecified atom stereocenters. The average Bonchev–Trinajstić information content (AvgIpc) is 2.63. The monoisotopic (exact) mass is 310 g/mol. The zero-order chi connectivity index (χ0) is 15.7. The fraction of sp³-hybridized carbons (Fsp3) is 0.429. The Hall–Kier alpha value is -1.64. The van der Waals surface area contributed by atoms with Crippen LogP contribution >= 0.6 is 0 Å². The molecular formula is C21H26O2. The van der Waals surface area contributed by atoms with Gasteiger partial charge in [-0.3, -0.25) is 0 Å². The summed E-state index contributed by atoms with van der Waals surface area (Å²) in [5.74, 6) is 0. The van der Waals surface area contributed by atoms with Crippen LogP contribution in [0.25, 0.3) is 0 Å². The SMILES string of the molecule is c1ccc(CCOC2CCCC[C@@H]2OCc2ccccc2)cc1. The summed E-state index contributed by atoms with van der Waals surface area (Å²) in [5.41, 5.74) is 2.58. The van der Waals surface area contributed by atoms with E-state index in [4.69, 9.17) is 9.47 Å². The molecule has 0 heterocycles. The minimum Gasteiger partial charge on any atom is -0.375 e. The van der Waals surface area contributed by atoms with Gasteiger partial charge in [0.15, 0.2) is 0 Å². The maximum atomic E-state index is 6.16. The molecule has 0 aromatic heterocycles. The zero-order valence-electron chi connectivity index (χ0n) is 13.7. The quantitative estimate of drug-likeness (QED) is 0.733. The molecule has 0 bridgehead atoms. The zero-order valence-corrected chi connectivity index (χ0v) is 13.7. The highest BCUT2D eigenvalue weighted by Crippen LogP contribution is 2.25. The Bertz CT molecular complexity index is 553. The van der Waals surface area contributed by atoms with E-state index in [0.717, 1.165) is 25.9 Å². The lowest BCUT2D eigenvalue weighted by atomic mass is 9.94. The summed E-state index contributed by atoms with van der Waals surface area (Å²) >= 11 is 0. The molecule has 1 aliphatic rings. The third-order valence-corrected chi connectivity index (χ3v) is 4.51. The molecule has 0 spiro atoms. The van der Waals surface area contributed by atoms with Gasteiger partial charge < -0.3 is 9.47 Å². The summed E-state index contributed by atoms with van der Waals surface area (Å²) in [4.78, 5) is 0. The van der Waals surface area contributed by atoms with Crippen LogP contribution in [-0.4, -0.2) is 18.8 Å². The Labute approximate surface area is 139 Å². The topological polar surface area (TPSA) is 18.5 Å². The summed E-state index contributed by atoms with van der Waals surface area (Å²) < 4.78 is 12.3. The second kappa shape index (κ2) is 8.85. The maximum Gasteiger partial charge on any atom is 0.0841 e. The largest absolute Gasteiger partial charge is 0.375 e. The van der Waals surface area contributed by atoms with Gasteiger partial charge in [0.2, 0.25) is 0 Å². The van der Waals surface area contributed by atoms with Crippen LogP contribution in [0.3, 0.4) is 0 Å². The fourth-order valence-electron chi connectivity index (χ4n) is 3.19. The van der Waals surface area contributed by atoms with Crippen molar-refractivity contribution in [3.63, 3.8) is 0 Å². The van der Waals surface area contributed by atoms with Crippen LogP contribution in [0.4, 0.5) is 0 Å². The lowest BCUT2D eigenvalue weighted by Gasteiger charge is -2.31. The summed E-state index contributed by atoms with van der Waals surface area (Å²) in [7, 11) is 0. The molecule has 2 aromatic rings. The van der Waals surface area contributed by atoms with Gasteiger partial charge >= 0.3 is 0 Å². The van der Waals surface area contributed by atoms with E-state index in [9.17, 15) is 0 Å². The maximum absolute atomic E-state index is 6.16. The van der Waals surface area contributed by atoms with E-state index < -0.39 is 0 Å². The van der Waals surface area contributed by atoms with Crippen LogP contribution in [0.1, 0.15) is 36.8 Å². The summed E-state index contributed by atoms with van der Waals surface area (Å²) in [6, 6.07) is 21.0. The van der Waals surface area contributed by atoms with Crippen molar-refractivity contribution in [1.29, 1.82) is 0 Å². The number of hydrogen-bond acceptors (Lipinski definition) is 2. The van der Waals surface area contributed by atoms with Crippen LogP contribution in [-0.2, 0) is 22.5 Å². The predicted octanol–water partition coefficient (Wildman–Crippen LogP) is 4.77. The molecule has 0 amide bonds. The first-order valence-electron chi connectivity index (χ1n) is 8.73. The number of benzene rings is 2. The second-order valence-electron chi connectivity index (χ2n) is 6.26. The van der Waals surface area contributed by atoms with E-state index in [1.807, 2.05) is 6.07 Å². The van der Waals surface area contributed by atoms with Crippen molar-refractivity contribution < 1.29 is 9.47 Å². The van der Waals surface area contributed by atoms with E-state index in [0.29, 0.717) is 6.61 Å². The van der Waals surface area contributed by atoms with Gasteiger partial charge in [-0.2, -0.15) is 0 Å². The van der Waals surface area contributed by atoms with Gasteiger partial charge in [-0.05, 0) is 30.4 Å². The summed E-state index contributed by atoms with van der Waals surface area (Å²) in [6.07, 6.45) is 6.19. The van der Waals surface area contributed by atoms with Crippen LogP contribution in [0.5, 0.6) is 0 Å². The molecule has 3 rings (SSSR count). The third-order valence-electron chi connectivity index (χ3n) is 4.51. The minimum atomic E-state index is 0.236. The van der Waals surface area contributed by atoms with Crippen molar-refractivity contribution in [2.24, 2.45) is 0 Å². The van der Waals surface area contributed by atoms with Crippen molar-refractivity contribution in [1.82, 2.24) is 0 Å². The average molecular weight is 310 g/mol. The molecule has 1 saturated carbocycles. The normalized spacial score (nSPS) is 21.2. The van der Waals surface area contributed by atoms with Crippen LogP contribution < -0.4 is 0 Å². The van der Waals surface area contributed by atoms with Gasteiger partial charge in [-0.15, -0.1) is 0 Å². The molecule has 2 aromatic carbocycles. The molecule has 23 heavy (non-hydrogen) atoms. The lowest BCUT2D eigenvalue weighted by Crippen LogP contribution is -2.35. The highest BCUT2D eigenvalue weighted by Gasteiger charge is 2.26. The first-order chi connectivity index (χ1) is 11.4. The van der Waals surface area contributed by atoms with Gasteiger partial charge in [0, 0.05) is 0 Å². The first kappa shape index (κ1) is 16.2. The van der Waals surface area contributed by atoms with E-state index in [-0.39, 0.29) is 12.2 Å². The van der Waals surface area contributed by atoms with Gasteiger partial charge in [-0.25, -0.2) is 0 Å². The molecule has 2 heteroatoms. The summed E-state index contributed by atoms with van der Waals surface area (Å²) in [6.45, 7) is 1.46. The number of ether oxygens (including phenoxy) is 2. The number of hydrogen-bond donors (Lipinski definition) is 0. The van der Waals surface area contributed by atoms with Crippen LogP contribution in [0, 0.1) is 0 Å². The van der Waals surface area contributed by atoms with E-state index in [2.05, 4.69) is 54.6 Å². The van der Waals surface area contributed by atoms with Crippen molar-refractivity contribution in [2.45, 2.75) is 50.9 Å². The Morgan fingerprint density at radius 2 is 1.26 bits per heavy atom. The van der Waals surface area contributed by atoms with Crippen molar-refractivity contribution in [3.05, 3.63) is 71.8 Å². The molecule has 1 fully saturated rings. The highest BCUT2D eigenvalue weighted by molar-refractivity contribution is 5.15. The van der Waals surface area contributed by atoms with E-state index in [1.165, 1.54) is 24.0 Å². The highest BCUT2D eigenvalue weighted by atomic mass is 16.5. The Balaban J connectivity index is 1.46. The van der Waals surface area contributed by atoms with Gasteiger partial charge in [-0.1, -0.05) is 73.5 Å². The van der Waals surface area contributed by atoms with Crippen molar-refractivity contribution >= 4 is 0 Å². The molecule has 2 nitrogen and oxygen atoms in total. The Kier molecular flexibility index (Phi) is 6.25. The first-order valence-corrected chi connectivity index (χ1v) is 8.73. The minimum absolute atomic E-state index is 0.236. The van der Waals surface area contributed by atoms with Gasteiger partial charge in [0.25, 0.3) is 0 Å². The number of rotatable bonds is 7. The van der Waals surface area contributed by atoms with E-state index >= 15 is 0 Å². The molecule has 0 radical (unpaired) electrons. The Morgan fingerprint density at radius 1 is 0.696 bits per heavy atom. The standard InChI is InChI=1S/C21H26O2/c1-3-9-18(10-4-1)15-16-22-20-13-7-8-14-21(20)23-17-19-11-5-2-6-12-19/h1-6,9-12,20-21H,7-8,13-17H2/t20?,21-/m0/s1. The molecule has 2 atom stereocenters. The summed E-state index contributed by atoms with van der Waals surface area (Å²) in [5, 5.41) is 0. The third kappa shape index (κ3) is 5.19. The van der Waals surface area contributed by atoms with Gasteiger partial charge in [0.05, 0.1) is 25.4 Å². The predicted molar refractivity (Wildman–Crippen MR) is 93.4 cm³/mol. The van der Waals surface area contributed by atoms with E-state index in [1.54, 1.807) is 0 Å². The molecule has 122 valence electrons. The molecule has 0 N–H and O–H groups in total. The molecule has 0 saturated heterocycles. The van der Waals surface area contributed by atoms with Gasteiger partial charge in [0.1, 0.15) is 0 Å². The van der Waals surface area contributed by atoms with Crippen LogP contribution in [0.2, 0.25) is 0 Å². The smallest absolute Gasteiger partial charge is 0.0841 e. The molecular weight excluding hydrogens is 284 g/mol. The lowest BCUT2D eigenvalue weighted by molar-refractivity contribution is -0.0973.